The second-order valence-corrected chi connectivity index (χ2v) is 5.26. The highest BCUT2D eigenvalue weighted by molar-refractivity contribution is 5.79. The second-order valence-electron chi connectivity index (χ2n) is 5.26. The Morgan fingerprint density at radius 2 is 1.94 bits per heavy atom. The lowest BCUT2D eigenvalue weighted by molar-refractivity contribution is -0.133. The van der Waals surface area contributed by atoms with Gasteiger partial charge < -0.3 is 15.0 Å². The summed E-state index contributed by atoms with van der Waals surface area (Å²) in [7, 11) is 5.88. The number of guanidine groups is 1. The van der Waals surface area contributed by atoms with Crippen molar-refractivity contribution in [1.82, 2.24) is 10.2 Å². The summed E-state index contributed by atoms with van der Waals surface area (Å²) >= 11 is 0. The van der Waals surface area contributed by atoms with Crippen LogP contribution in [0.1, 0.15) is 40.0 Å². The van der Waals surface area contributed by atoms with Crippen molar-refractivity contribution in [3.63, 3.8) is 0 Å². The van der Waals surface area contributed by atoms with E-state index in [0.29, 0.717) is 12.1 Å². The molecule has 1 fully saturated rings. The van der Waals surface area contributed by atoms with E-state index in [1.165, 1.54) is 0 Å². The molecule has 0 saturated heterocycles. The monoisotopic (exact) mass is 255 g/mol. The van der Waals surface area contributed by atoms with Crippen LogP contribution in [-0.4, -0.2) is 50.8 Å². The Kier molecular flexibility index (Phi) is 5.45. The van der Waals surface area contributed by atoms with Crippen molar-refractivity contribution in [1.29, 1.82) is 0 Å². The van der Waals surface area contributed by atoms with Gasteiger partial charge in [0.1, 0.15) is 0 Å². The van der Waals surface area contributed by atoms with Crippen LogP contribution in [0.15, 0.2) is 4.99 Å². The van der Waals surface area contributed by atoms with Gasteiger partial charge in [0.15, 0.2) is 5.96 Å². The molecule has 0 spiro atoms. The zero-order valence-electron chi connectivity index (χ0n) is 12.8. The zero-order valence-corrected chi connectivity index (χ0v) is 12.8. The molecule has 0 radical (unpaired) electrons. The van der Waals surface area contributed by atoms with E-state index in [2.05, 4.69) is 31.1 Å². The molecule has 0 aromatic heterocycles. The van der Waals surface area contributed by atoms with E-state index in [0.717, 1.165) is 31.8 Å². The van der Waals surface area contributed by atoms with E-state index in [-0.39, 0.29) is 5.41 Å². The number of nitrogens with zero attached hydrogens (tertiary/aromatic N) is 2. The smallest absolute Gasteiger partial charge is 0.193 e. The summed E-state index contributed by atoms with van der Waals surface area (Å²) in [5.74, 6) is 0.959. The minimum absolute atomic E-state index is 0.266. The molecular formula is C14H29N3O. The third-order valence-corrected chi connectivity index (χ3v) is 4.41. The summed E-state index contributed by atoms with van der Waals surface area (Å²) in [6.07, 6.45) is 3.78. The molecule has 18 heavy (non-hydrogen) atoms. The van der Waals surface area contributed by atoms with Crippen molar-refractivity contribution in [2.75, 3.05) is 27.7 Å². The highest BCUT2D eigenvalue weighted by Crippen LogP contribution is 2.48. The first-order chi connectivity index (χ1) is 8.55. The second kappa shape index (κ2) is 6.41. The van der Waals surface area contributed by atoms with Gasteiger partial charge in [0.05, 0.1) is 6.10 Å². The quantitative estimate of drug-likeness (QED) is 0.604. The third-order valence-electron chi connectivity index (χ3n) is 4.41. The van der Waals surface area contributed by atoms with Crippen molar-refractivity contribution in [3.05, 3.63) is 0 Å². The van der Waals surface area contributed by atoms with Gasteiger partial charge in [0.25, 0.3) is 0 Å². The average molecular weight is 255 g/mol. The van der Waals surface area contributed by atoms with Gasteiger partial charge >= 0.3 is 0 Å². The van der Waals surface area contributed by atoms with Crippen molar-refractivity contribution < 1.29 is 4.74 Å². The topological polar surface area (TPSA) is 36.9 Å². The van der Waals surface area contributed by atoms with Crippen molar-refractivity contribution >= 4 is 5.96 Å². The Bertz CT molecular complexity index is 285. The predicted octanol–water partition coefficient (Wildman–Crippen LogP) is 2.11. The summed E-state index contributed by atoms with van der Waals surface area (Å²) in [5, 5.41) is 3.58. The lowest BCUT2D eigenvalue weighted by Crippen LogP contribution is -2.65. The highest BCUT2D eigenvalue weighted by atomic mass is 16.5. The molecule has 0 aromatic carbocycles. The van der Waals surface area contributed by atoms with Gasteiger partial charge in [-0.1, -0.05) is 13.8 Å². The molecule has 4 nitrogen and oxygen atoms in total. The van der Waals surface area contributed by atoms with Crippen LogP contribution in [0.5, 0.6) is 0 Å². The van der Waals surface area contributed by atoms with Crippen LogP contribution < -0.4 is 5.32 Å². The fraction of sp³-hybridized carbons (Fsp3) is 0.929. The summed E-state index contributed by atoms with van der Waals surface area (Å²) < 4.78 is 5.89. The van der Waals surface area contributed by atoms with Crippen molar-refractivity contribution in [2.45, 2.75) is 52.2 Å². The molecule has 0 aliphatic heterocycles. The van der Waals surface area contributed by atoms with E-state index in [4.69, 9.17) is 4.74 Å². The summed E-state index contributed by atoms with van der Waals surface area (Å²) in [6.45, 7) is 7.42. The van der Waals surface area contributed by atoms with Crippen LogP contribution in [0.4, 0.5) is 0 Å². The van der Waals surface area contributed by atoms with E-state index < -0.39 is 0 Å². The number of rotatable bonds is 5. The van der Waals surface area contributed by atoms with Gasteiger partial charge in [-0.25, -0.2) is 0 Å². The molecule has 1 saturated carbocycles. The Morgan fingerprint density at radius 3 is 2.33 bits per heavy atom. The Hall–Kier alpha value is -0.770. The van der Waals surface area contributed by atoms with Crippen LogP contribution in [0, 0.1) is 5.41 Å². The standard InChI is InChI=1S/C14H29N3O/c1-7-14(8-2)11(10-12(14)18-9-3)16-13(15-4)17(5)6/h11-12H,7-10H2,1-6H3,(H,15,16). The minimum Gasteiger partial charge on any atom is -0.378 e. The highest BCUT2D eigenvalue weighted by Gasteiger charge is 2.53. The molecule has 0 heterocycles. The minimum atomic E-state index is 0.266. The van der Waals surface area contributed by atoms with Crippen LogP contribution in [0.2, 0.25) is 0 Å². The van der Waals surface area contributed by atoms with E-state index >= 15 is 0 Å². The number of aliphatic imine (C=N–C) groups is 1. The predicted molar refractivity (Wildman–Crippen MR) is 77.0 cm³/mol. The van der Waals surface area contributed by atoms with Gasteiger partial charge in [0, 0.05) is 39.2 Å². The summed E-state index contributed by atoms with van der Waals surface area (Å²) in [5.41, 5.74) is 0.266. The summed E-state index contributed by atoms with van der Waals surface area (Å²) in [4.78, 5) is 6.34. The molecule has 1 aliphatic rings. The van der Waals surface area contributed by atoms with Gasteiger partial charge in [-0.3, -0.25) is 4.99 Å². The Labute approximate surface area is 112 Å². The first-order valence-corrected chi connectivity index (χ1v) is 7.07. The van der Waals surface area contributed by atoms with Crippen molar-refractivity contribution in [3.8, 4) is 0 Å². The van der Waals surface area contributed by atoms with Crippen molar-refractivity contribution in [2.24, 2.45) is 10.4 Å². The first kappa shape index (κ1) is 15.3. The van der Waals surface area contributed by atoms with Gasteiger partial charge in [0.2, 0.25) is 0 Å². The normalized spacial score (nSPS) is 26.7. The maximum atomic E-state index is 5.89. The molecule has 2 unspecified atom stereocenters. The molecular weight excluding hydrogens is 226 g/mol. The number of nitrogens with one attached hydrogen (secondary N) is 1. The number of ether oxygens (including phenoxy) is 1. The molecule has 106 valence electrons. The lowest BCUT2D eigenvalue weighted by atomic mass is 9.58. The summed E-state index contributed by atoms with van der Waals surface area (Å²) in [6, 6.07) is 0.477. The molecule has 4 heteroatoms. The molecule has 0 aromatic rings. The van der Waals surface area contributed by atoms with Crippen LogP contribution in [0.3, 0.4) is 0 Å². The molecule has 1 rings (SSSR count). The SMILES string of the molecule is CCOC1CC(NC(=NC)N(C)C)C1(CC)CC. The number of hydrogen-bond donors (Lipinski definition) is 1. The van der Waals surface area contributed by atoms with E-state index in [9.17, 15) is 0 Å². The fourth-order valence-corrected chi connectivity index (χ4v) is 3.13. The van der Waals surface area contributed by atoms with E-state index in [1.54, 1.807) is 0 Å². The molecule has 1 aliphatic carbocycles. The third kappa shape index (κ3) is 2.63. The van der Waals surface area contributed by atoms with Crippen LogP contribution in [-0.2, 0) is 4.74 Å². The largest absolute Gasteiger partial charge is 0.378 e. The van der Waals surface area contributed by atoms with Crippen LogP contribution in [0.25, 0.3) is 0 Å². The maximum absolute atomic E-state index is 5.89. The van der Waals surface area contributed by atoms with Gasteiger partial charge in [-0.2, -0.15) is 0 Å². The molecule has 2 atom stereocenters. The lowest BCUT2D eigenvalue weighted by Gasteiger charge is -2.55. The van der Waals surface area contributed by atoms with Gasteiger partial charge in [-0.05, 0) is 26.2 Å². The molecule has 0 bridgehead atoms. The molecule has 0 amide bonds. The molecule has 1 N–H and O–H groups in total. The van der Waals surface area contributed by atoms with Gasteiger partial charge in [-0.15, -0.1) is 0 Å². The maximum Gasteiger partial charge on any atom is 0.193 e. The first-order valence-electron chi connectivity index (χ1n) is 7.07. The average Bonchev–Trinajstić information content (AvgIpc) is 2.34. The van der Waals surface area contributed by atoms with E-state index in [1.807, 2.05) is 26.0 Å². The zero-order chi connectivity index (χ0) is 13.8. The Morgan fingerprint density at radius 1 is 1.33 bits per heavy atom. The number of hydrogen-bond acceptors (Lipinski definition) is 2. The van der Waals surface area contributed by atoms with Crippen LogP contribution >= 0.6 is 0 Å². The fourth-order valence-electron chi connectivity index (χ4n) is 3.13. The Balaban J connectivity index is 2.73.